The molecule has 1 N–H and O–H groups in total. The highest BCUT2D eigenvalue weighted by Crippen LogP contribution is 2.33. The molecule has 0 heterocycles. The minimum absolute atomic E-state index is 0.0433. The Balaban J connectivity index is 3.25. The molecule has 0 aliphatic carbocycles. The first kappa shape index (κ1) is 17.0. The second-order valence-electron chi connectivity index (χ2n) is 5.90. The summed E-state index contributed by atoms with van der Waals surface area (Å²) >= 11 is 0. The third-order valence-corrected chi connectivity index (χ3v) is 3.53. The highest BCUT2D eigenvalue weighted by atomic mass is 14.9. The quantitative estimate of drug-likeness (QED) is 0.495. The highest BCUT2D eigenvalue weighted by Gasteiger charge is 2.30. The van der Waals surface area contributed by atoms with Crippen LogP contribution in [0, 0.1) is 5.41 Å². The van der Waals surface area contributed by atoms with Gasteiger partial charge in [0.2, 0.25) is 0 Å². The van der Waals surface area contributed by atoms with Crippen molar-refractivity contribution < 1.29 is 0 Å². The molecule has 21 heavy (non-hydrogen) atoms. The van der Waals surface area contributed by atoms with Gasteiger partial charge in [-0.2, -0.15) is 0 Å². The molecule has 0 amide bonds. The zero-order chi connectivity index (χ0) is 15.9. The molecule has 0 aromatic heterocycles. The number of anilines is 1. The van der Waals surface area contributed by atoms with Crippen LogP contribution < -0.4 is 5.32 Å². The van der Waals surface area contributed by atoms with Crippen LogP contribution >= 0.6 is 0 Å². The van der Waals surface area contributed by atoms with Gasteiger partial charge in [-0.15, -0.1) is 0 Å². The largest absolute Gasteiger partial charge is 0.377 e. The predicted molar refractivity (Wildman–Crippen MR) is 95.5 cm³/mol. The zero-order valence-corrected chi connectivity index (χ0v) is 13.7. The monoisotopic (exact) mass is 281 g/mol. The Morgan fingerprint density at radius 2 is 1.86 bits per heavy atom. The SMILES string of the molecule is C=C/C=C(/C(=C)C)[C@H](Nc1ccccc1)C(C)(C)/C=C\C. The molecule has 0 radical (unpaired) electrons. The first-order valence-electron chi connectivity index (χ1n) is 7.36. The Morgan fingerprint density at radius 1 is 1.24 bits per heavy atom. The fourth-order valence-electron chi connectivity index (χ4n) is 2.50. The van der Waals surface area contributed by atoms with Crippen molar-refractivity contribution in [3.05, 3.63) is 78.9 Å². The summed E-state index contributed by atoms with van der Waals surface area (Å²) in [5, 5.41) is 3.64. The van der Waals surface area contributed by atoms with Crippen LogP contribution in [0.25, 0.3) is 0 Å². The minimum Gasteiger partial charge on any atom is -0.377 e. The maximum Gasteiger partial charge on any atom is 0.0601 e. The van der Waals surface area contributed by atoms with Crippen molar-refractivity contribution in [1.29, 1.82) is 0 Å². The van der Waals surface area contributed by atoms with Crippen molar-refractivity contribution in [1.82, 2.24) is 0 Å². The molecule has 0 bridgehead atoms. The second-order valence-corrected chi connectivity index (χ2v) is 5.90. The number of benzene rings is 1. The Labute approximate surface area is 129 Å². The summed E-state index contributed by atoms with van der Waals surface area (Å²) in [5.74, 6) is 0. The van der Waals surface area contributed by atoms with E-state index in [9.17, 15) is 0 Å². The van der Waals surface area contributed by atoms with Gasteiger partial charge in [0.1, 0.15) is 0 Å². The van der Waals surface area contributed by atoms with E-state index in [1.54, 1.807) is 0 Å². The van der Waals surface area contributed by atoms with Crippen molar-refractivity contribution in [3.63, 3.8) is 0 Å². The lowest BCUT2D eigenvalue weighted by Crippen LogP contribution is -2.37. The molecule has 0 aliphatic heterocycles. The van der Waals surface area contributed by atoms with Gasteiger partial charge in [-0.1, -0.05) is 75.1 Å². The topological polar surface area (TPSA) is 12.0 Å². The summed E-state index contributed by atoms with van der Waals surface area (Å²) in [5.41, 5.74) is 3.30. The standard InChI is InChI=1S/C20H27N/c1-7-12-18(16(3)4)19(20(5,6)15-8-2)21-17-13-10-9-11-14-17/h7-15,19,21H,1,3H2,2,4-6H3/b15-8-,18-12-/t19-/m0/s1. The molecule has 1 aromatic rings. The maximum absolute atomic E-state index is 4.13. The van der Waals surface area contributed by atoms with E-state index < -0.39 is 0 Å². The molecule has 0 saturated heterocycles. The van der Waals surface area contributed by atoms with E-state index in [2.05, 4.69) is 63.5 Å². The van der Waals surface area contributed by atoms with Crippen LogP contribution in [0.15, 0.2) is 78.9 Å². The van der Waals surface area contributed by atoms with Crippen LogP contribution in [0.5, 0.6) is 0 Å². The van der Waals surface area contributed by atoms with Crippen LogP contribution in [0.1, 0.15) is 27.7 Å². The Hall–Kier alpha value is -2.02. The smallest absolute Gasteiger partial charge is 0.0601 e. The summed E-state index contributed by atoms with van der Waals surface area (Å²) in [7, 11) is 0. The predicted octanol–water partition coefficient (Wildman–Crippen LogP) is 5.76. The molecule has 1 atom stereocenters. The van der Waals surface area contributed by atoms with Crippen molar-refractivity contribution in [2.24, 2.45) is 5.41 Å². The summed E-state index contributed by atoms with van der Waals surface area (Å²) < 4.78 is 0. The van der Waals surface area contributed by atoms with Gasteiger partial charge in [0.15, 0.2) is 0 Å². The average Bonchev–Trinajstić information content (AvgIpc) is 2.43. The van der Waals surface area contributed by atoms with Crippen LogP contribution in [-0.2, 0) is 0 Å². The van der Waals surface area contributed by atoms with Gasteiger partial charge in [0, 0.05) is 11.1 Å². The normalized spacial score (nSPS) is 14.0. The minimum atomic E-state index is -0.0433. The lowest BCUT2D eigenvalue weighted by atomic mass is 9.77. The molecular weight excluding hydrogens is 254 g/mol. The Kier molecular flexibility index (Phi) is 6.23. The van der Waals surface area contributed by atoms with Crippen LogP contribution in [-0.4, -0.2) is 6.04 Å². The first-order valence-corrected chi connectivity index (χ1v) is 7.36. The molecule has 0 fully saturated rings. The van der Waals surface area contributed by atoms with Crippen molar-refractivity contribution in [2.45, 2.75) is 33.7 Å². The van der Waals surface area contributed by atoms with E-state index in [4.69, 9.17) is 0 Å². The van der Waals surface area contributed by atoms with Gasteiger partial charge in [-0.25, -0.2) is 0 Å². The molecule has 0 unspecified atom stereocenters. The molecular formula is C20H27N. The molecule has 1 aromatic carbocycles. The molecule has 0 aliphatic rings. The van der Waals surface area contributed by atoms with E-state index in [1.807, 2.05) is 37.3 Å². The number of nitrogens with one attached hydrogen (secondary N) is 1. The van der Waals surface area contributed by atoms with Crippen LogP contribution in [0.3, 0.4) is 0 Å². The second kappa shape index (κ2) is 7.68. The van der Waals surface area contributed by atoms with Gasteiger partial charge < -0.3 is 5.32 Å². The number of hydrogen-bond acceptors (Lipinski definition) is 1. The molecule has 112 valence electrons. The zero-order valence-electron chi connectivity index (χ0n) is 13.7. The van der Waals surface area contributed by atoms with E-state index in [0.717, 1.165) is 11.3 Å². The molecule has 0 spiro atoms. The van der Waals surface area contributed by atoms with Gasteiger partial charge in [0.25, 0.3) is 0 Å². The number of hydrogen-bond donors (Lipinski definition) is 1. The average molecular weight is 281 g/mol. The summed E-state index contributed by atoms with van der Waals surface area (Å²) in [6, 6.07) is 10.4. The number of rotatable bonds is 7. The fraction of sp³-hybridized carbons (Fsp3) is 0.300. The number of allylic oxidation sites excluding steroid dienone is 3. The maximum atomic E-state index is 4.13. The van der Waals surface area contributed by atoms with Crippen molar-refractivity contribution >= 4 is 5.69 Å². The van der Waals surface area contributed by atoms with Crippen LogP contribution in [0.2, 0.25) is 0 Å². The first-order chi connectivity index (χ1) is 9.92. The van der Waals surface area contributed by atoms with Gasteiger partial charge >= 0.3 is 0 Å². The van der Waals surface area contributed by atoms with Crippen molar-refractivity contribution in [2.75, 3.05) is 5.32 Å². The molecule has 0 saturated carbocycles. The Morgan fingerprint density at radius 3 is 2.33 bits per heavy atom. The lowest BCUT2D eigenvalue weighted by molar-refractivity contribution is 0.434. The van der Waals surface area contributed by atoms with E-state index in [1.165, 1.54) is 5.57 Å². The van der Waals surface area contributed by atoms with Gasteiger partial charge in [-0.3, -0.25) is 0 Å². The molecule has 1 nitrogen and oxygen atoms in total. The van der Waals surface area contributed by atoms with Crippen LogP contribution in [0.4, 0.5) is 5.69 Å². The third kappa shape index (κ3) is 4.78. The summed E-state index contributed by atoms with van der Waals surface area (Å²) in [4.78, 5) is 0. The van der Waals surface area contributed by atoms with Gasteiger partial charge in [-0.05, 0) is 31.6 Å². The third-order valence-electron chi connectivity index (χ3n) is 3.53. The summed E-state index contributed by atoms with van der Waals surface area (Å²) in [6.45, 7) is 16.5. The fourth-order valence-corrected chi connectivity index (χ4v) is 2.50. The van der Waals surface area contributed by atoms with Crippen molar-refractivity contribution in [3.8, 4) is 0 Å². The van der Waals surface area contributed by atoms with E-state index >= 15 is 0 Å². The summed E-state index contributed by atoms with van der Waals surface area (Å²) in [6.07, 6.45) is 8.21. The lowest BCUT2D eigenvalue weighted by Gasteiger charge is -2.35. The van der Waals surface area contributed by atoms with E-state index in [0.29, 0.717) is 0 Å². The highest BCUT2D eigenvalue weighted by molar-refractivity contribution is 5.50. The van der Waals surface area contributed by atoms with Gasteiger partial charge in [0.05, 0.1) is 6.04 Å². The molecule has 1 heteroatoms. The van der Waals surface area contributed by atoms with E-state index in [-0.39, 0.29) is 11.5 Å². The molecule has 1 rings (SSSR count). The Bertz CT molecular complexity index is 532. The number of para-hydroxylation sites is 1.